The third-order valence-corrected chi connectivity index (χ3v) is 2.24. The third-order valence-electron chi connectivity index (χ3n) is 2.24. The number of nitrogens with zero attached hydrogens (tertiary/aromatic N) is 1. The summed E-state index contributed by atoms with van der Waals surface area (Å²) in [4.78, 5) is 11.7. The minimum absolute atomic E-state index is 0.0686. The molecule has 0 heterocycles. The van der Waals surface area contributed by atoms with Crippen molar-refractivity contribution in [2.45, 2.75) is 13.3 Å². The van der Waals surface area contributed by atoms with Crippen molar-refractivity contribution in [3.05, 3.63) is 47.5 Å². The Labute approximate surface area is 101 Å². The lowest BCUT2D eigenvalue weighted by Gasteiger charge is -2.03. The van der Waals surface area contributed by atoms with Gasteiger partial charge in [-0.25, -0.2) is 0 Å². The van der Waals surface area contributed by atoms with E-state index in [0.717, 1.165) is 12.0 Å². The zero-order chi connectivity index (χ0) is 12.7. The van der Waals surface area contributed by atoms with E-state index in [-0.39, 0.29) is 12.4 Å². The lowest BCUT2D eigenvalue weighted by Crippen LogP contribution is -2.09. The van der Waals surface area contributed by atoms with Gasteiger partial charge in [-0.1, -0.05) is 17.7 Å². The van der Waals surface area contributed by atoms with Gasteiger partial charge < -0.3 is 4.74 Å². The van der Waals surface area contributed by atoms with E-state index in [1.54, 1.807) is 24.3 Å². The molecule has 0 saturated heterocycles. The van der Waals surface area contributed by atoms with Crippen LogP contribution in [0.25, 0.3) is 0 Å². The smallest absolute Gasteiger partial charge is 0.188 e. The normalized spacial score (nSPS) is 9.65. The predicted molar refractivity (Wildman–Crippen MR) is 65.7 cm³/mol. The molecule has 0 atom stereocenters. The number of carbonyl (C=O) groups is 1. The number of ether oxygens (including phenoxy) is 1. The van der Waals surface area contributed by atoms with E-state index in [1.807, 2.05) is 13.0 Å². The van der Waals surface area contributed by atoms with E-state index in [2.05, 4.69) is 6.58 Å². The molecule has 17 heavy (non-hydrogen) atoms. The van der Waals surface area contributed by atoms with Gasteiger partial charge in [-0.05, 0) is 25.5 Å². The van der Waals surface area contributed by atoms with E-state index < -0.39 is 0 Å². The van der Waals surface area contributed by atoms with Gasteiger partial charge >= 0.3 is 0 Å². The average Bonchev–Trinajstić information content (AvgIpc) is 2.34. The van der Waals surface area contributed by atoms with Gasteiger partial charge in [-0.2, -0.15) is 5.26 Å². The highest BCUT2D eigenvalue weighted by molar-refractivity contribution is 5.97. The summed E-state index contributed by atoms with van der Waals surface area (Å²) in [6.07, 6.45) is 0.765. The maximum absolute atomic E-state index is 11.7. The van der Waals surface area contributed by atoms with Crippen LogP contribution in [0.5, 0.6) is 0 Å². The molecule has 0 spiro atoms. The monoisotopic (exact) mass is 229 g/mol. The Kier molecular flexibility index (Phi) is 5.12. The highest BCUT2D eigenvalue weighted by Crippen LogP contribution is 2.05. The third kappa shape index (κ3) is 4.62. The first kappa shape index (κ1) is 13.1. The molecule has 0 aromatic heterocycles. The maximum atomic E-state index is 11.7. The highest BCUT2D eigenvalue weighted by atomic mass is 16.5. The molecule has 0 aliphatic carbocycles. The lowest BCUT2D eigenvalue weighted by atomic mass is 10.1. The van der Waals surface area contributed by atoms with E-state index in [0.29, 0.717) is 17.7 Å². The van der Waals surface area contributed by atoms with E-state index in [4.69, 9.17) is 10.00 Å². The average molecular weight is 229 g/mol. The largest absolute Gasteiger partial charge is 0.373 e. The Balaban J connectivity index is 2.42. The van der Waals surface area contributed by atoms with Gasteiger partial charge in [0.2, 0.25) is 0 Å². The van der Waals surface area contributed by atoms with Gasteiger partial charge in [0, 0.05) is 5.56 Å². The van der Waals surface area contributed by atoms with E-state index in [1.165, 1.54) is 0 Å². The number of nitriles is 1. The molecule has 0 radical (unpaired) electrons. The van der Waals surface area contributed by atoms with Crippen LogP contribution in [0, 0.1) is 11.3 Å². The quantitative estimate of drug-likeness (QED) is 0.428. The summed E-state index contributed by atoms with van der Waals surface area (Å²) in [5.74, 6) is -0.0730. The molecule has 0 unspecified atom stereocenters. The minimum Gasteiger partial charge on any atom is -0.373 e. The van der Waals surface area contributed by atoms with Gasteiger partial charge in [0.1, 0.15) is 6.61 Å². The summed E-state index contributed by atoms with van der Waals surface area (Å²) in [5, 5.41) is 8.62. The van der Waals surface area contributed by atoms with Crippen LogP contribution in [0.15, 0.2) is 36.4 Å². The van der Waals surface area contributed by atoms with Crippen LogP contribution >= 0.6 is 0 Å². The summed E-state index contributed by atoms with van der Waals surface area (Å²) in [5.41, 5.74) is 2.15. The molecular weight excluding hydrogens is 214 g/mol. The number of benzene rings is 1. The molecular formula is C14H15NO2. The van der Waals surface area contributed by atoms with Crippen LogP contribution < -0.4 is 0 Å². The van der Waals surface area contributed by atoms with Crippen molar-refractivity contribution in [3.8, 4) is 6.07 Å². The second-order valence-electron chi connectivity index (χ2n) is 3.87. The van der Waals surface area contributed by atoms with Gasteiger partial charge in [0.25, 0.3) is 0 Å². The Bertz CT molecular complexity index is 440. The van der Waals surface area contributed by atoms with Gasteiger partial charge in [-0.3, -0.25) is 4.79 Å². The molecule has 0 saturated carbocycles. The molecule has 0 fully saturated rings. The van der Waals surface area contributed by atoms with Crippen LogP contribution in [0.1, 0.15) is 29.3 Å². The van der Waals surface area contributed by atoms with Crippen molar-refractivity contribution < 1.29 is 9.53 Å². The van der Waals surface area contributed by atoms with Crippen molar-refractivity contribution in [3.63, 3.8) is 0 Å². The van der Waals surface area contributed by atoms with Crippen molar-refractivity contribution in [1.82, 2.24) is 0 Å². The number of hydrogen-bond acceptors (Lipinski definition) is 3. The molecule has 1 rings (SSSR count). The Morgan fingerprint density at radius 3 is 2.59 bits per heavy atom. The summed E-state index contributed by atoms with van der Waals surface area (Å²) < 4.78 is 5.24. The molecule has 0 aliphatic heterocycles. The van der Waals surface area contributed by atoms with Crippen LogP contribution in [-0.2, 0) is 4.74 Å². The number of ketones is 1. The van der Waals surface area contributed by atoms with Crippen LogP contribution in [0.2, 0.25) is 0 Å². The minimum atomic E-state index is -0.0730. The topological polar surface area (TPSA) is 50.1 Å². The first-order chi connectivity index (χ1) is 8.13. The van der Waals surface area contributed by atoms with Gasteiger partial charge in [0.15, 0.2) is 5.78 Å². The van der Waals surface area contributed by atoms with Gasteiger partial charge in [-0.15, -0.1) is 6.58 Å². The molecule has 1 aromatic carbocycles. The van der Waals surface area contributed by atoms with Crippen molar-refractivity contribution in [2.24, 2.45) is 0 Å². The first-order valence-electron chi connectivity index (χ1n) is 5.39. The zero-order valence-electron chi connectivity index (χ0n) is 9.90. The standard InChI is InChI=1S/C14H15NO2/c1-11(2)7-8-17-10-14(16)13-5-3-12(9-15)4-6-13/h3-6H,1,7-8,10H2,2H3. The first-order valence-corrected chi connectivity index (χ1v) is 5.39. The molecule has 0 aliphatic rings. The predicted octanol–water partition coefficient (Wildman–Crippen LogP) is 2.72. The number of rotatable bonds is 6. The number of Topliss-reactive ketones (excluding diaryl/α,β-unsaturated/α-hetero) is 1. The number of hydrogen-bond donors (Lipinski definition) is 0. The Morgan fingerprint density at radius 2 is 2.06 bits per heavy atom. The van der Waals surface area contributed by atoms with Gasteiger partial charge in [0.05, 0.1) is 18.2 Å². The Hall–Kier alpha value is -1.92. The fourth-order valence-electron chi connectivity index (χ4n) is 1.23. The fraction of sp³-hybridized carbons (Fsp3) is 0.286. The second-order valence-corrected chi connectivity index (χ2v) is 3.87. The molecule has 0 amide bonds. The summed E-state index contributed by atoms with van der Waals surface area (Å²) in [7, 11) is 0. The van der Waals surface area contributed by atoms with Crippen molar-refractivity contribution in [1.29, 1.82) is 5.26 Å². The van der Waals surface area contributed by atoms with Crippen molar-refractivity contribution >= 4 is 5.78 Å². The molecule has 3 nitrogen and oxygen atoms in total. The molecule has 0 N–H and O–H groups in total. The van der Waals surface area contributed by atoms with Crippen LogP contribution in [-0.4, -0.2) is 19.0 Å². The molecule has 3 heteroatoms. The number of carbonyl (C=O) groups excluding carboxylic acids is 1. The molecule has 0 bridgehead atoms. The highest BCUT2D eigenvalue weighted by Gasteiger charge is 2.05. The summed E-state index contributed by atoms with van der Waals surface area (Å²) in [6.45, 7) is 6.26. The second kappa shape index (κ2) is 6.62. The molecule has 1 aromatic rings. The van der Waals surface area contributed by atoms with Crippen LogP contribution in [0.4, 0.5) is 0 Å². The Morgan fingerprint density at radius 1 is 1.41 bits per heavy atom. The van der Waals surface area contributed by atoms with Crippen molar-refractivity contribution in [2.75, 3.05) is 13.2 Å². The maximum Gasteiger partial charge on any atom is 0.188 e. The van der Waals surface area contributed by atoms with E-state index >= 15 is 0 Å². The van der Waals surface area contributed by atoms with Crippen LogP contribution in [0.3, 0.4) is 0 Å². The molecule has 88 valence electrons. The zero-order valence-corrected chi connectivity index (χ0v) is 9.90. The summed E-state index contributed by atoms with van der Waals surface area (Å²) in [6, 6.07) is 8.54. The van der Waals surface area contributed by atoms with E-state index in [9.17, 15) is 4.79 Å². The SMILES string of the molecule is C=C(C)CCOCC(=O)c1ccc(C#N)cc1. The summed E-state index contributed by atoms with van der Waals surface area (Å²) >= 11 is 0. The fourth-order valence-corrected chi connectivity index (χ4v) is 1.23. The lowest BCUT2D eigenvalue weighted by molar-refractivity contribution is 0.0765.